The zero-order valence-corrected chi connectivity index (χ0v) is 22.3. The molecule has 0 saturated carbocycles. The molecule has 10 nitrogen and oxygen atoms in total. The van der Waals surface area contributed by atoms with Crippen molar-refractivity contribution >= 4 is 39.8 Å². The second kappa shape index (κ2) is 11.7. The fourth-order valence-corrected chi connectivity index (χ4v) is 4.08. The lowest BCUT2D eigenvalue weighted by molar-refractivity contribution is -0.111. The quantitative estimate of drug-likeness (QED) is 0.251. The average Bonchev–Trinajstić information content (AvgIpc) is 3.25. The highest BCUT2D eigenvalue weighted by Crippen LogP contribution is 2.37. The van der Waals surface area contributed by atoms with Crippen molar-refractivity contribution in [3.8, 4) is 22.9 Å². The number of anilines is 4. The molecule has 2 heterocycles. The Bertz CT molecular complexity index is 1460. The predicted octanol–water partition coefficient (Wildman–Crippen LogP) is 4.49. The molecule has 0 fully saturated rings. The first kappa shape index (κ1) is 26.5. The van der Waals surface area contributed by atoms with E-state index in [4.69, 9.17) is 14.5 Å². The molecule has 0 spiro atoms. The fourth-order valence-electron chi connectivity index (χ4n) is 4.08. The summed E-state index contributed by atoms with van der Waals surface area (Å²) in [6, 6.07) is 13.5. The van der Waals surface area contributed by atoms with E-state index in [1.54, 1.807) is 26.4 Å². The third-order valence-electron chi connectivity index (χ3n) is 5.99. The molecule has 0 radical (unpaired) electrons. The third kappa shape index (κ3) is 5.87. The molecule has 4 rings (SSSR count). The van der Waals surface area contributed by atoms with Crippen LogP contribution in [0.25, 0.3) is 22.2 Å². The molecule has 0 aliphatic heterocycles. The van der Waals surface area contributed by atoms with Gasteiger partial charge in [-0.15, -0.1) is 0 Å². The summed E-state index contributed by atoms with van der Waals surface area (Å²) in [5.74, 6) is 0.950. The molecule has 2 aromatic carbocycles. The minimum atomic E-state index is -0.326. The van der Waals surface area contributed by atoms with E-state index in [1.165, 1.54) is 6.08 Å². The minimum Gasteiger partial charge on any atom is -0.494 e. The molecule has 2 aromatic heterocycles. The predicted molar refractivity (Wildman–Crippen MR) is 153 cm³/mol. The van der Waals surface area contributed by atoms with Gasteiger partial charge in [0.25, 0.3) is 0 Å². The molecule has 10 heteroatoms. The number of carbonyl (C=O) groups is 1. The lowest BCUT2D eigenvalue weighted by atomic mass is 10.1. The van der Waals surface area contributed by atoms with E-state index in [0.717, 1.165) is 23.0 Å². The number of methoxy groups -OCH3 is 2. The SMILES string of the molecule is C=CC(=O)Nc1cc(Nc2nc(OC)cc(-c3cn(C)c4ccccc34)n2)c(OC)cc1NCCN(C)C. The van der Waals surface area contributed by atoms with Gasteiger partial charge in [0.2, 0.25) is 17.7 Å². The first-order valence-corrected chi connectivity index (χ1v) is 12.1. The van der Waals surface area contributed by atoms with Gasteiger partial charge >= 0.3 is 0 Å². The molecule has 3 N–H and O–H groups in total. The number of nitrogens with one attached hydrogen (secondary N) is 3. The Morgan fingerprint density at radius 3 is 2.58 bits per heavy atom. The number of carbonyl (C=O) groups excluding carboxylic acids is 1. The van der Waals surface area contributed by atoms with E-state index < -0.39 is 0 Å². The van der Waals surface area contributed by atoms with Crippen LogP contribution < -0.4 is 25.4 Å². The first-order chi connectivity index (χ1) is 18.3. The molecule has 4 aromatic rings. The summed E-state index contributed by atoms with van der Waals surface area (Å²) in [5, 5.41) is 10.5. The zero-order valence-electron chi connectivity index (χ0n) is 22.3. The number of fused-ring (bicyclic) bond motifs is 1. The van der Waals surface area contributed by atoms with Crippen LogP contribution in [0.4, 0.5) is 23.0 Å². The Morgan fingerprint density at radius 2 is 1.87 bits per heavy atom. The van der Waals surface area contributed by atoms with E-state index in [1.807, 2.05) is 45.5 Å². The molecule has 1 amide bonds. The standard InChI is InChI=1S/C28H33N7O3/c1-7-26(36)30-22-14-23(25(37-5)15-21(22)29-12-13-34(2)3)32-28-31-20(16-27(33-28)38-6)19-17-35(4)24-11-9-8-10-18(19)24/h7-11,14-17,29H,1,12-13H2,2-6H3,(H,30,36)(H,31,32,33). The van der Waals surface area contributed by atoms with Gasteiger partial charge in [-0.05, 0) is 32.3 Å². The van der Waals surface area contributed by atoms with E-state index in [0.29, 0.717) is 46.9 Å². The Hall–Kier alpha value is -4.57. The lowest BCUT2D eigenvalue weighted by Gasteiger charge is -2.19. The van der Waals surface area contributed by atoms with Gasteiger partial charge in [-0.25, -0.2) is 4.98 Å². The summed E-state index contributed by atoms with van der Waals surface area (Å²) in [4.78, 5) is 23.5. The summed E-state index contributed by atoms with van der Waals surface area (Å²) >= 11 is 0. The van der Waals surface area contributed by atoms with Crippen LogP contribution in [-0.2, 0) is 11.8 Å². The number of para-hydroxylation sites is 1. The van der Waals surface area contributed by atoms with Gasteiger partial charge in [0.05, 0.1) is 37.0 Å². The number of amides is 1. The normalized spacial score (nSPS) is 10.9. The highest BCUT2D eigenvalue weighted by atomic mass is 16.5. The fraction of sp³-hybridized carbons (Fsp3) is 0.250. The molecule has 0 aliphatic carbocycles. The van der Waals surface area contributed by atoms with Crippen LogP contribution in [0.1, 0.15) is 0 Å². The maximum absolute atomic E-state index is 12.2. The van der Waals surface area contributed by atoms with Gasteiger partial charge in [0.15, 0.2) is 0 Å². The maximum Gasteiger partial charge on any atom is 0.247 e. The number of rotatable bonds is 11. The van der Waals surface area contributed by atoms with Gasteiger partial charge < -0.3 is 34.9 Å². The monoisotopic (exact) mass is 515 g/mol. The van der Waals surface area contributed by atoms with Crippen molar-refractivity contribution in [2.75, 3.05) is 57.4 Å². The second-order valence-corrected chi connectivity index (χ2v) is 8.94. The number of benzene rings is 2. The zero-order chi connectivity index (χ0) is 27.2. The Kier molecular flexibility index (Phi) is 8.12. The van der Waals surface area contributed by atoms with Crippen LogP contribution in [0, 0.1) is 0 Å². The molecule has 0 saturated heterocycles. The number of aryl methyl sites for hydroxylation is 1. The summed E-state index contributed by atoms with van der Waals surface area (Å²) in [7, 11) is 9.14. The topological polar surface area (TPSA) is 106 Å². The minimum absolute atomic E-state index is 0.319. The summed E-state index contributed by atoms with van der Waals surface area (Å²) in [6.45, 7) is 5.05. The smallest absolute Gasteiger partial charge is 0.247 e. The lowest BCUT2D eigenvalue weighted by Crippen LogP contribution is -2.21. The highest BCUT2D eigenvalue weighted by molar-refractivity contribution is 6.02. The Morgan fingerprint density at radius 1 is 1.08 bits per heavy atom. The number of hydrogen-bond acceptors (Lipinski definition) is 8. The van der Waals surface area contributed by atoms with E-state index in [2.05, 4.69) is 49.1 Å². The van der Waals surface area contributed by atoms with Crippen molar-refractivity contribution in [1.82, 2.24) is 19.4 Å². The van der Waals surface area contributed by atoms with Crippen molar-refractivity contribution < 1.29 is 14.3 Å². The van der Waals surface area contributed by atoms with Gasteiger partial charge in [0, 0.05) is 54.9 Å². The van der Waals surface area contributed by atoms with E-state index in [-0.39, 0.29) is 5.91 Å². The van der Waals surface area contributed by atoms with Crippen molar-refractivity contribution in [2.45, 2.75) is 0 Å². The Labute approximate surface area is 222 Å². The van der Waals surface area contributed by atoms with Crippen molar-refractivity contribution in [2.24, 2.45) is 7.05 Å². The molecule has 0 bridgehead atoms. The van der Waals surface area contributed by atoms with Gasteiger partial charge in [-0.3, -0.25) is 4.79 Å². The first-order valence-electron chi connectivity index (χ1n) is 12.1. The van der Waals surface area contributed by atoms with Crippen LogP contribution >= 0.6 is 0 Å². The number of nitrogens with zero attached hydrogens (tertiary/aromatic N) is 4. The largest absolute Gasteiger partial charge is 0.494 e. The van der Waals surface area contributed by atoms with Crippen LogP contribution in [-0.4, -0.2) is 66.7 Å². The van der Waals surface area contributed by atoms with Crippen LogP contribution in [0.15, 0.2) is 61.3 Å². The van der Waals surface area contributed by atoms with Crippen LogP contribution in [0.5, 0.6) is 11.6 Å². The maximum atomic E-state index is 12.2. The summed E-state index contributed by atoms with van der Waals surface area (Å²) < 4.78 is 13.2. The van der Waals surface area contributed by atoms with Crippen molar-refractivity contribution in [3.05, 3.63) is 61.3 Å². The average molecular weight is 516 g/mol. The second-order valence-electron chi connectivity index (χ2n) is 8.94. The molecule has 0 aliphatic rings. The van der Waals surface area contributed by atoms with Crippen molar-refractivity contribution in [1.29, 1.82) is 0 Å². The van der Waals surface area contributed by atoms with Crippen LogP contribution in [0.2, 0.25) is 0 Å². The molecular formula is C28H33N7O3. The van der Waals surface area contributed by atoms with Gasteiger partial charge in [0.1, 0.15) is 5.75 Å². The van der Waals surface area contributed by atoms with E-state index >= 15 is 0 Å². The van der Waals surface area contributed by atoms with E-state index in [9.17, 15) is 4.79 Å². The summed E-state index contributed by atoms with van der Waals surface area (Å²) in [5.41, 5.74) is 4.61. The molecule has 198 valence electrons. The number of ether oxygens (including phenoxy) is 2. The molecule has 0 unspecified atom stereocenters. The van der Waals surface area contributed by atoms with Gasteiger partial charge in [-0.1, -0.05) is 24.8 Å². The number of aromatic nitrogens is 3. The molecular weight excluding hydrogens is 482 g/mol. The number of hydrogen-bond donors (Lipinski definition) is 3. The van der Waals surface area contributed by atoms with Gasteiger partial charge in [-0.2, -0.15) is 4.98 Å². The van der Waals surface area contributed by atoms with Crippen LogP contribution in [0.3, 0.4) is 0 Å². The third-order valence-corrected chi connectivity index (χ3v) is 5.99. The van der Waals surface area contributed by atoms with Crippen molar-refractivity contribution in [3.63, 3.8) is 0 Å². The Balaban J connectivity index is 1.74. The highest BCUT2D eigenvalue weighted by Gasteiger charge is 2.16. The summed E-state index contributed by atoms with van der Waals surface area (Å²) in [6.07, 6.45) is 3.26. The molecule has 38 heavy (non-hydrogen) atoms. The molecule has 0 atom stereocenters. The number of likely N-dealkylation sites (N-methyl/N-ethyl adjacent to an activating group) is 1.